The van der Waals surface area contributed by atoms with E-state index in [1.165, 1.54) is 18.4 Å². The Kier molecular flexibility index (Phi) is 4.18. The summed E-state index contributed by atoms with van der Waals surface area (Å²) in [4.78, 5) is 14.3. The summed E-state index contributed by atoms with van der Waals surface area (Å²) in [5, 5.41) is 0. The fourth-order valence-corrected chi connectivity index (χ4v) is 2.50. The number of hydrogen-bond acceptors (Lipinski definition) is 1. The van der Waals surface area contributed by atoms with Gasteiger partial charge < -0.3 is 4.90 Å². The summed E-state index contributed by atoms with van der Waals surface area (Å²) in [6.07, 6.45) is 4.16. The Hall–Kier alpha value is -1.31. The minimum absolute atomic E-state index is 0.162. The average molecular weight is 231 g/mol. The van der Waals surface area contributed by atoms with Crippen LogP contribution in [0.25, 0.3) is 0 Å². The molecule has 2 nitrogen and oxygen atoms in total. The van der Waals surface area contributed by atoms with Gasteiger partial charge in [0.15, 0.2) is 0 Å². The molecule has 1 heterocycles. The van der Waals surface area contributed by atoms with Gasteiger partial charge in [-0.25, -0.2) is 0 Å². The Balaban J connectivity index is 1.98. The average Bonchev–Trinajstić information content (AvgIpc) is 2.90. The first-order valence-electron chi connectivity index (χ1n) is 6.64. The molecule has 2 heteroatoms. The number of likely N-dealkylation sites (tertiary alicyclic amines) is 1. The van der Waals surface area contributed by atoms with Gasteiger partial charge in [0.05, 0.1) is 0 Å². The molecule has 0 saturated carbocycles. The minimum atomic E-state index is 0.162. The number of carbonyl (C=O) groups is 1. The molecule has 1 atom stereocenters. The molecule has 1 aliphatic heterocycles. The molecule has 1 saturated heterocycles. The van der Waals surface area contributed by atoms with Gasteiger partial charge in [0.2, 0.25) is 5.91 Å². The van der Waals surface area contributed by atoms with Gasteiger partial charge in [-0.05, 0) is 31.2 Å². The van der Waals surface area contributed by atoms with Crippen LogP contribution in [-0.2, 0) is 11.2 Å². The van der Waals surface area contributed by atoms with Gasteiger partial charge in [0.1, 0.15) is 0 Å². The van der Waals surface area contributed by atoms with Crippen molar-refractivity contribution in [2.45, 2.75) is 32.6 Å². The van der Waals surface area contributed by atoms with E-state index < -0.39 is 0 Å². The molecular formula is C15H21NO. The monoisotopic (exact) mass is 231 g/mol. The van der Waals surface area contributed by atoms with Crippen molar-refractivity contribution in [3.63, 3.8) is 0 Å². The number of amides is 1. The first kappa shape index (κ1) is 12.2. The normalized spacial score (nSPS) is 17.1. The lowest BCUT2D eigenvalue weighted by atomic mass is 9.95. The summed E-state index contributed by atoms with van der Waals surface area (Å²) in [6.45, 7) is 4.04. The summed E-state index contributed by atoms with van der Waals surface area (Å²) in [5.41, 5.74) is 1.27. The third kappa shape index (κ3) is 3.09. The molecule has 1 fully saturated rings. The maximum atomic E-state index is 12.3. The maximum absolute atomic E-state index is 12.3. The minimum Gasteiger partial charge on any atom is -0.342 e. The van der Waals surface area contributed by atoms with E-state index in [9.17, 15) is 4.79 Å². The van der Waals surface area contributed by atoms with Crippen LogP contribution in [-0.4, -0.2) is 23.9 Å². The molecule has 92 valence electrons. The molecular weight excluding hydrogens is 210 g/mol. The van der Waals surface area contributed by atoms with Crippen molar-refractivity contribution in [1.82, 2.24) is 4.90 Å². The van der Waals surface area contributed by atoms with Crippen LogP contribution in [0.1, 0.15) is 31.7 Å². The molecule has 1 amide bonds. The highest BCUT2D eigenvalue weighted by molar-refractivity contribution is 5.79. The highest BCUT2D eigenvalue weighted by atomic mass is 16.2. The van der Waals surface area contributed by atoms with Crippen molar-refractivity contribution in [3.05, 3.63) is 35.9 Å². The van der Waals surface area contributed by atoms with E-state index in [1.807, 2.05) is 23.1 Å². The number of rotatable bonds is 4. The van der Waals surface area contributed by atoms with Gasteiger partial charge in [-0.15, -0.1) is 0 Å². The zero-order chi connectivity index (χ0) is 12.1. The molecule has 1 aliphatic rings. The fraction of sp³-hybridized carbons (Fsp3) is 0.533. The number of carbonyl (C=O) groups excluding carboxylic acids is 1. The standard InChI is InChI=1S/C15H21NO/c1-2-14(12-13-8-4-3-5-9-13)15(17)16-10-6-7-11-16/h3-5,8-9,14H,2,6-7,10-12H2,1H3. The molecule has 1 aromatic carbocycles. The highest BCUT2D eigenvalue weighted by Crippen LogP contribution is 2.18. The quantitative estimate of drug-likeness (QED) is 0.780. The van der Waals surface area contributed by atoms with E-state index in [1.54, 1.807) is 0 Å². The molecule has 0 aliphatic carbocycles. The van der Waals surface area contributed by atoms with Crippen LogP contribution in [0, 0.1) is 5.92 Å². The Labute approximate surface area is 104 Å². The van der Waals surface area contributed by atoms with Gasteiger partial charge >= 0.3 is 0 Å². The first-order chi connectivity index (χ1) is 8.31. The predicted molar refractivity (Wildman–Crippen MR) is 69.7 cm³/mol. The summed E-state index contributed by atoms with van der Waals surface area (Å²) in [7, 11) is 0. The van der Waals surface area contributed by atoms with Crippen LogP contribution in [0.3, 0.4) is 0 Å². The van der Waals surface area contributed by atoms with Crippen LogP contribution < -0.4 is 0 Å². The SMILES string of the molecule is CCC(Cc1ccccc1)C(=O)N1CCCC1. The molecule has 0 bridgehead atoms. The topological polar surface area (TPSA) is 20.3 Å². The summed E-state index contributed by atoms with van der Waals surface area (Å²) < 4.78 is 0. The number of hydrogen-bond donors (Lipinski definition) is 0. The van der Waals surface area contributed by atoms with E-state index in [0.717, 1.165) is 25.9 Å². The molecule has 2 rings (SSSR count). The van der Waals surface area contributed by atoms with Crippen molar-refractivity contribution in [1.29, 1.82) is 0 Å². The van der Waals surface area contributed by atoms with E-state index >= 15 is 0 Å². The van der Waals surface area contributed by atoms with Gasteiger partial charge in [-0.3, -0.25) is 4.79 Å². The third-order valence-electron chi connectivity index (χ3n) is 3.58. The van der Waals surface area contributed by atoms with Crippen molar-refractivity contribution in [2.24, 2.45) is 5.92 Å². The maximum Gasteiger partial charge on any atom is 0.226 e. The molecule has 0 radical (unpaired) electrons. The van der Waals surface area contributed by atoms with Crippen molar-refractivity contribution < 1.29 is 4.79 Å². The second-order valence-electron chi connectivity index (χ2n) is 4.83. The molecule has 17 heavy (non-hydrogen) atoms. The zero-order valence-corrected chi connectivity index (χ0v) is 10.6. The highest BCUT2D eigenvalue weighted by Gasteiger charge is 2.25. The first-order valence-corrected chi connectivity index (χ1v) is 6.64. The van der Waals surface area contributed by atoms with E-state index in [4.69, 9.17) is 0 Å². The fourth-order valence-electron chi connectivity index (χ4n) is 2.50. The molecule has 0 spiro atoms. The Morgan fingerprint density at radius 2 is 1.88 bits per heavy atom. The van der Waals surface area contributed by atoms with Crippen LogP contribution >= 0.6 is 0 Å². The lowest BCUT2D eigenvalue weighted by Gasteiger charge is -2.22. The molecule has 1 unspecified atom stereocenters. The Morgan fingerprint density at radius 3 is 2.47 bits per heavy atom. The second-order valence-corrected chi connectivity index (χ2v) is 4.83. The third-order valence-corrected chi connectivity index (χ3v) is 3.58. The lowest BCUT2D eigenvalue weighted by molar-refractivity contribution is -0.134. The van der Waals surface area contributed by atoms with Crippen molar-refractivity contribution in [3.8, 4) is 0 Å². The predicted octanol–water partition coefficient (Wildman–Crippen LogP) is 2.88. The number of nitrogens with zero attached hydrogens (tertiary/aromatic N) is 1. The molecule has 1 aromatic rings. The van der Waals surface area contributed by atoms with Crippen LogP contribution in [0.15, 0.2) is 30.3 Å². The van der Waals surface area contributed by atoms with E-state index in [0.29, 0.717) is 5.91 Å². The van der Waals surface area contributed by atoms with Gasteiger partial charge in [0.25, 0.3) is 0 Å². The smallest absolute Gasteiger partial charge is 0.226 e. The van der Waals surface area contributed by atoms with E-state index in [2.05, 4.69) is 19.1 Å². The summed E-state index contributed by atoms with van der Waals surface area (Å²) >= 11 is 0. The summed E-state index contributed by atoms with van der Waals surface area (Å²) in [6, 6.07) is 10.3. The van der Waals surface area contributed by atoms with Crippen LogP contribution in [0.4, 0.5) is 0 Å². The van der Waals surface area contributed by atoms with Gasteiger partial charge in [-0.2, -0.15) is 0 Å². The second kappa shape index (κ2) is 5.85. The molecule has 0 N–H and O–H groups in total. The zero-order valence-electron chi connectivity index (χ0n) is 10.6. The summed E-state index contributed by atoms with van der Waals surface area (Å²) in [5.74, 6) is 0.518. The van der Waals surface area contributed by atoms with Crippen molar-refractivity contribution in [2.75, 3.05) is 13.1 Å². The van der Waals surface area contributed by atoms with E-state index in [-0.39, 0.29) is 5.92 Å². The van der Waals surface area contributed by atoms with Crippen LogP contribution in [0.5, 0.6) is 0 Å². The largest absolute Gasteiger partial charge is 0.342 e. The van der Waals surface area contributed by atoms with Gasteiger partial charge in [0, 0.05) is 19.0 Å². The Morgan fingerprint density at radius 1 is 1.24 bits per heavy atom. The number of benzene rings is 1. The molecule has 0 aromatic heterocycles. The Bertz CT molecular complexity index is 354. The van der Waals surface area contributed by atoms with Crippen molar-refractivity contribution >= 4 is 5.91 Å². The van der Waals surface area contributed by atoms with Crippen LogP contribution in [0.2, 0.25) is 0 Å². The lowest BCUT2D eigenvalue weighted by Crippen LogP contribution is -2.34. The van der Waals surface area contributed by atoms with Gasteiger partial charge in [-0.1, -0.05) is 37.3 Å².